The Morgan fingerprint density at radius 1 is 1.35 bits per heavy atom. The molecule has 0 aliphatic carbocycles. The molecule has 0 unspecified atom stereocenters. The number of nitrogens with zero attached hydrogens (tertiary/aromatic N) is 2. The number of hydrogen-bond donors (Lipinski definition) is 1. The van der Waals surface area contributed by atoms with E-state index in [2.05, 4.69) is 23.9 Å². The maximum Gasteiger partial charge on any atom is 0.138 e. The molecule has 1 rings (SSSR count). The zero-order valence-corrected chi connectivity index (χ0v) is 11.6. The van der Waals surface area contributed by atoms with E-state index in [1.165, 1.54) is 5.56 Å². The van der Waals surface area contributed by atoms with E-state index in [-0.39, 0.29) is 0 Å². The standard InChI is InChI=1S/C13H24N2O2/c1-6-12-11(10(3)17-14-12)8-15(7-2)9-13(4,5)16/h16H,6-9H2,1-5H3. The van der Waals surface area contributed by atoms with Gasteiger partial charge < -0.3 is 9.63 Å². The fraction of sp³-hybridized carbons (Fsp3) is 0.769. The topological polar surface area (TPSA) is 49.5 Å². The van der Waals surface area contributed by atoms with Crippen molar-refractivity contribution in [2.24, 2.45) is 0 Å². The summed E-state index contributed by atoms with van der Waals surface area (Å²) in [7, 11) is 0. The Hall–Kier alpha value is -0.870. The monoisotopic (exact) mass is 240 g/mol. The van der Waals surface area contributed by atoms with Gasteiger partial charge in [0.1, 0.15) is 5.76 Å². The third-order valence-electron chi connectivity index (χ3n) is 2.84. The quantitative estimate of drug-likeness (QED) is 0.827. The van der Waals surface area contributed by atoms with Gasteiger partial charge in [-0.25, -0.2) is 0 Å². The summed E-state index contributed by atoms with van der Waals surface area (Å²) in [5, 5.41) is 13.9. The summed E-state index contributed by atoms with van der Waals surface area (Å²) in [6, 6.07) is 0. The van der Waals surface area contributed by atoms with Crippen LogP contribution in [0.25, 0.3) is 0 Å². The number of hydrogen-bond acceptors (Lipinski definition) is 4. The largest absolute Gasteiger partial charge is 0.389 e. The Kier molecular flexibility index (Phi) is 4.71. The molecule has 0 aromatic carbocycles. The van der Waals surface area contributed by atoms with Gasteiger partial charge in [-0.3, -0.25) is 4.90 Å². The maximum atomic E-state index is 9.86. The van der Waals surface area contributed by atoms with Crippen LogP contribution in [0.1, 0.15) is 44.7 Å². The Labute approximate surface area is 104 Å². The van der Waals surface area contributed by atoms with Crippen LogP contribution in [0.5, 0.6) is 0 Å². The second kappa shape index (κ2) is 5.65. The van der Waals surface area contributed by atoms with Crippen molar-refractivity contribution in [1.82, 2.24) is 10.1 Å². The van der Waals surface area contributed by atoms with Crippen molar-refractivity contribution >= 4 is 0 Å². The normalized spacial score (nSPS) is 12.4. The number of rotatable bonds is 6. The van der Waals surface area contributed by atoms with Gasteiger partial charge in [-0.15, -0.1) is 0 Å². The van der Waals surface area contributed by atoms with E-state index in [9.17, 15) is 5.11 Å². The Morgan fingerprint density at radius 2 is 2.00 bits per heavy atom. The van der Waals surface area contributed by atoms with E-state index in [1.807, 2.05) is 20.8 Å². The number of aryl methyl sites for hydroxylation is 2. The van der Waals surface area contributed by atoms with Gasteiger partial charge in [0.25, 0.3) is 0 Å². The lowest BCUT2D eigenvalue weighted by Gasteiger charge is -2.27. The van der Waals surface area contributed by atoms with Crippen molar-refractivity contribution in [1.29, 1.82) is 0 Å². The fourth-order valence-electron chi connectivity index (χ4n) is 1.97. The first kappa shape index (κ1) is 14.2. The van der Waals surface area contributed by atoms with Crippen LogP contribution in [0.15, 0.2) is 4.52 Å². The molecule has 0 aliphatic rings. The van der Waals surface area contributed by atoms with Crippen molar-refractivity contribution in [3.8, 4) is 0 Å². The van der Waals surface area contributed by atoms with Crippen LogP contribution >= 0.6 is 0 Å². The van der Waals surface area contributed by atoms with Crippen LogP contribution in [-0.4, -0.2) is 33.9 Å². The predicted molar refractivity (Wildman–Crippen MR) is 67.9 cm³/mol. The van der Waals surface area contributed by atoms with Gasteiger partial charge in [0.15, 0.2) is 0 Å². The molecule has 1 N–H and O–H groups in total. The number of aliphatic hydroxyl groups is 1. The summed E-state index contributed by atoms with van der Waals surface area (Å²) < 4.78 is 5.22. The Balaban J connectivity index is 2.76. The first-order chi connectivity index (χ1) is 7.87. The number of aromatic nitrogens is 1. The highest BCUT2D eigenvalue weighted by molar-refractivity contribution is 5.21. The van der Waals surface area contributed by atoms with Crippen molar-refractivity contribution in [3.63, 3.8) is 0 Å². The van der Waals surface area contributed by atoms with E-state index in [0.29, 0.717) is 6.54 Å². The lowest BCUT2D eigenvalue weighted by molar-refractivity contribution is 0.0351. The van der Waals surface area contributed by atoms with Crippen molar-refractivity contribution in [2.75, 3.05) is 13.1 Å². The lowest BCUT2D eigenvalue weighted by atomic mass is 10.1. The summed E-state index contributed by atoms with van der Waals surface area (Å²) in [5.74, 6) is 0.885. The molecule has 0 atom stereocenters. The SMILES string of the molecule is CCc1noc(C)c1CN(CC)CC(C)(C)O. The molecule has 0 bridgehead atoms. The zero-order chi connectivity index (χ0) is 13.1. The van der Waals surface area contributed by atoms with Crippen LogP contribution < -0.4 is 0 Å². The second-order valence-corrected chi connectivity index (χ2v) is 5.13. The summed E-state index contributed by atoms with van der Waals surface area (Å²) in [5.41, 5.74) is 1.52. The van der Waals surface area contributed by atoms with E-state index < -0.39 is 5.60 Å². The van der Waals surface area contributed by atoms with Crippen molar-refractivity contribution in [2.45, 2.75) is 53.2 Å². The minimum atomic E-state index is -0.673. The molecule has 1 aromatic rings. The molecule has 0 fully saturated rings. The molecule has 17 heavy (non-hydrogen) atoms. The average Bonchev–Trinajstić information content (AvgIpc) is 2.57. The molecular weight excluding hydrogens is 216 g/mol. The van der Waals surface area contributed by atoms with Crippen molar-refractivity contribution < 1.29 is 9.63 Å². The summed E-state index contributed by atoms with van der Waals surface area (Å²) in [6.45, 7) is 12.1. The van der Waals surface area contributed by atoms with Gasteiger partial charge in [0.2, 0.25) is 0 Å². The van der Waals surface area contributed by atoms with Gasteiger partial charge in [-0.05, 0) is 33.7 Å². The minimum absolute atomic E-state index is 0.650. The predicted octanol–water partition coefficient (Wildman–Crippen LogP) is 2.14. The van der Waals surface area contributed by atoms with E-state index in [0.717, 1.165) is 31.0 Å². The maximum absolute atomic E-state index is 9.86. The highest BCUT2D eigenvalue weighted by Crippen LogP contribution is 2.17. The molecule has 0 spiro atoms. The minimum Gasteiger partial charge on any atom is -0.389 e. The van der Waals surface area contributed by atoms with Gasteiger partial charge in [-0.2, -0.15) is 0 Å². The van der Waals surface area contributed by atoms with Crippen LogP contribution in [0.2, 0.25) is 0 Å². The molecule has 98 valence electrons. The van der Waals surface area contributed by atoms with Gasteiger partial charge >= 0.3 is 0 Å². The van der Waals surface area contributed by atoms with E-state index >= 15 is 0 Å². The molecular formula is C13H24N2O2. The van der Waals surface area contributed by atoms with Crippen LogP contribution in [0.4, 0.5) is 0 Å². The molecule has 0 radical (unpaired) electrons. The van der Waals surface area contributed by atoms with Crippen molar-refractivity contribution in [3.05, 3.63) is 17.0 Å². The first-order valence-electron chi connectivity index (χ1n) is 6.26. The summed E-state index contributed by atoms with van der Waals surface area (Å²) in [6.07, 6.45) is 0.882. The van der Waals surface area contributed by atoms with Gasteiger partial charge in [0, 0.05) is 18.7 Å². The highest BCUT2D eigenvalue weighted by Gasteiger charge is 2.20. The Morgan fingerprint density at radius 3 is 2.47 bits per heavy atom. The zero-order valence-electron chi connectivity index (χ0n) is 11.6. The lowest BCUT2D eigenvalue weighted by Crippen LogP contribution is -2.38. The summed E-state index contributed by atoms with van der Waals surface area (Å²) >= 11 is 0. The summed E-state index contributed by atoms with van der Waals surface area (Å²) in [4.78, 5) is 2.21. The molecule has 0 saturated carbocycles. The molecule has 0 amide bonds. The third-order valence-corrected chi connectivity index (χ3v) is 2.84. The third kappa shape index (κ3) is 4.13. The van der Waals surface area contributed by atoms with Crippen LogP contribution in [-0.2, 0) is 13.0 Å². The molecule has 1 heterocycles. The number of likely N-dealkylation sites (N-methyl/N-ethyl adjacent to an activating group) is 1. The smallest absolute Gasteiger partial charge is 0.138 e. The first-order valence-corrected chi connectivity index (χ1v) is 6.26. The highest BCUT2D eigenvalue weighted by atomic mass is 16.5. The fourth-order valence-corrected chi connectivity index (χ4v) is 1.97. The molecule has 4 nitrogen and oxygen atoms in total. The van der Waals surface area contributed by atoms with E-state index in [1.54, 1.807) is 0 Å². The van der Waals surface area contributed by atoms with Gasteiger partial charge in [0.05, 0.1) is 11.3 Å². The molecule has 0 saturated heterocycles. The van der Waals surface area contributed by atoms with Crippen LogP contribution in [0.3, 0.4) is 0 Å². The van der Waals surface area contributed by atoms with Gasteiger partial charge in [-0.1, -0.05) is 19.0 Å². The second-order valence-electron chi connectivity index (χ2n) is 5.13. The van der Waals surface area contributed by atoms with Crippen LogP contribution in [0, 0.1) is 6.92 Å². The Bertz CT molecular complexity index is 353. The van der Waals surface area contributed by atoms with E-state index in [4.69, 9.17) is 4.52 Å². The molecule has 1 aromatic heterocycles. The molecule has 0 aliphatic heterocycles. The average molecular weight is 240 g/mol. The molecule has 4 heteroatoms.